The van der Waals surface area contributed by atoms with Gasteiger partial charge in [-0.1, -0.05) is 13.8 Å². The first-order valence-electron chi connectivity index (χ1n) is 4.26. The van der Waals surface area contributed by atoms with Gasteiger partial charge in [-0.2, -0.15) is 0 Å². The number of carbonyl (C=O) groups is 1. The maximum Gasteiger partial charge on any atom is 0.260 e. The summed E-state index contributed by atoms with van der Waals surface area (Å²) in [7, 11) is 0. The monoisotopic (exact) mass is 198 g/mol. The van der Waals surface area contributed by atoms with E-state index in [1.165, 1.54) is 11.3 Å². The predicted molar refractivity (Wildman–Crippen MR) is 53.9 cm³/mol. The fraction of sp³-hybridized carbons (Fsp3) is 0.556. The van der Waals surface area contributed by atoms with Gasteiger partial charge in [-0.15, -0.1) is 11.3 Å². The van der Waals surface area contributed by atoms with E-state index in [4.69, 9.17) is 5.73 Å². The summed E-state index contributed by atoms with van der Waals surface area (Å²) in [6.45, 7) is 6.07. The molecule has 0 aliphatic heterocycles. The highest BCUT2D eigenvalue weighted by Gasteiger charge is 2.12. The second-order valence-corrected chi connectivity index (χ2v) is 4.57. The molecule has 0 bridgehead atoms. The Morgan fingerprint density at radius 2 is 2.23 bits per heavy atom. The van der Waals surface area contributed by atoms with E-state index in [0.717, 1.165) is 17.1 Å². The molecular weight excluding hydrogens is 184 g/mol. The summed E-state index contributed by atoms with van der Waals surface area (Å²) in [4.78, 5) is 15.8. The highest BCUT2D eigenvalue weighted by atomic mass is 32.1. The molecule has 0 aromatic carbocycles. The molecule has 3 nitrogen and oxygen atoms in total. The fourth-order valence-corrected chi connectivity index (χ4v) is 2.25. The van der Waals surface area contributed by atoms with Crippen LogP contribution in [0.5, 0.6) is 0 Å². The molecule has 0 aliphatic carbocycles. The Morgan fingerprint density at radius 1 is 1.62 bits per heavy atom. The van der Waals surface area contributed by atoms with Crippen molar-refractivity contribution in [1.29, 1.82) is 0 Å². The molecule has 0 fully saturated rings. The first kappa shape index (κ1) is 10.2. The van der Waals surface area contributed by atoms with Crippen LogP contribution in [0.2, 0.25) is 0 Å². The Morgan fingerprint density at radius 3 is 2.62 bits per heavy atom. The number of nitrogens with zero attached hydrogens (tertiary/aromatic N) is 1. The third-order valence-electron chi connectivity index (χ3n) is 1.65. The standard InChI is InChI=1S/C9H14N2OS/c1-5(2)4-7-11-6(3)8(13-7)9(10)12/h5H,4H2,1-3H3,(H2,10,12). The zero-order valence-corrected chi connectivity index (χ0v) is 8.94. The van der Waals surface area contributed by atoms with E-state index in [9.17, 15) is 4.79 Å². The van der Waals surface area contributed by atoms with E-state index >= 15 is 0 Å². The van der Waals surface area contributed by atoms with Gasteiger partial charge in [0, 0.05) is 6.42 Å². The van der Waals surface area contributed by atoms with Gasteiger partial charge in [0.2, 0.25) is 0 Å². The van der Waals surface area contributed by atoms with Crippen LogP contribution in [-0.2, 0) is 6.42 Å². The van der Waals surface area contributed by atoms with Gasteiger partial charge in [-0.25, -0.2) is 4.98 Å². The molecule has 13 heavy (non-hydrogen) atoms. The minimum absolute atomic E-state index is 0.370. The molecule has 72 valence electrons. The average Bonchev–Trinajstić information content (AvgIpc) is 2.29. The topological polar surface area (TPSA) is 56.0 Å². The number of carbonyl (C=O) groups excluding carboxylic acids is 1. The number of thiazole rings is 1. The third-order valence-corrected chi connectivity index (χ3v) is 2.84. The minimum atomic E-state index is -0.370. The van der Waals surface area contributed by atoms with Crippen molar-refractivity contribution < 1.29 is 4.79 Å². The number of amides is 1. The molecule has 1 aromatic heterocycles. The van der Waals surface area contributed by atoms with E-state index in [0.29, 0.717) is 10.8 Å². The Bertz CT molecular complexity index is 317. The number of aryl methyl sites for hydroxylation is 1. The van der Waals surface area contributed by atoms with E-state index < -0.39 is 0 Å². The zero-order valence-electron chi connectivity index (χ0n) is 8.13. The second-order valence-electron chi connectivity index (χ2n) is 3.48. The van der Waals surface area contributed by atoms with E-state index in [2.05, 4.69) is 18.8 Å². The van der Waals surface area contributed by atoms with Gasteiger partial charge in [0.1, 0.15) is 4.88 Å². The molecule has 0 radical (unpaired) electrons. The van der Waals surface area contributed by atoms with Crippen LogP contribution in [0.15, 0.2) is 0 Å². The maximum atomic E-state index is 10.9. The van der Waals surface area contributed by atoms with E-state index in [1.54, 1.807) is 0 Å². The molecule has 4 heteroatoms. The molecule has 1 heterocycles. The van der Waals surface area contributed by atoms with Gasteiger partial charge in [-0.3, -0.25) is 4.79 Å². The van der Waals surface area contributed by atoms with Gasteiger partial charge in [0.15, 0.2) is 0 Å². The predicted octanol–water partition coefficient (Wildman–Crippen LogP) is 1.75. The molecule has 2 N–H and O–H groups in total. The zero-order chi connectivity index (χ0) is 10.0. The van der Waals surface area contributed by atoms with E-state index in [-0.39, 0.29) is 5.91 Å². The summed E-state index contributed by atoms with van der Waals surface area (Å²) in [5.41, 5.74) is 5.95. The normalized spacial score (nSPS) is 10.8. The number of rotatable bonds is 3. The summed E-state index contributed by atoms with van der Waals surface area (Å²) in [5, 5.41) is 1.00. The maximum absolute atomic E-state index is 10.9. The first-order valence-corrected chi connectivity index (χ1v) is 5.08. The molecule has 1 rings (SSSR count). The number of primary amides is 1. The van der Waals surface area contributed by atoms with Crippen LogP contribution in [0, 0.1) is 12.8 Å². The van der Waals surface area contributed by atoms with Crippen molar-refractivity contribution in [3.05, 3.63) is 15.6 Å². The molecule has 0 unspecified atom stereocenters. The quantitative estimate of drug-likeness (QED) is 0.804. The molecule has 0 saturated heterocycles. The van der Waals surface area contributed by atoms with Crippen molar-refractivity contribution in [2.75, 3.05) is 0 Å². The van der Waals surface area contributed by atoms with Crippen molar-refractivity contribution in [3.63, 3.8) is 0 Å². The Balaban J connectivity index is 2.89. The lowest BCUT2D eigenvalue weighted by atomic mass is 10.1. The Kier molecular flexibility index (Phi) is 3.03. The van der Waals surface area contributed by atoms with Gasteiger partial charge >= 0.3 is 0 Å². The minimum Gasteiger partial charge on any atom is -0.365 e. The summed E-state index contributed by atoms with van der Waals surface area (Å²) in [5.74, 6) is 0.191. The van der Waals surface area contributed by atoms with Crippen molar-refractivity contribution in [2.45, 2.75) is 27.2 Å². The lowest BCUT2D eigenvalue weighted by Gasteiger charge is -1.97. The van der Waals surface area contributed by atoms with Gasteiger partial charge in [0.25, 0.3) is 5.91 Å². The fourth-order valence-electron chi connectivity index (χ4n) is 1.12. The van der Waals surface area contributed by atoms with Crippen LogP contribution in [0.3, 0.4) is 0 Å². The number of nitrogens with two attached hydrogens (primary N) is 1. The molecule has 0 atom stereocenters. The molecule has 0 saturated carbocycles. The molecule has 0 aliphatic rings. The van der Waals surface area contributed by atoms with Crippen molar-refractivity contribution >= 4 is 17.2 Å². The molecular formula is C9H14N2OS. The van der Waals surface area contributed by atoms with Crippen LogP contribution in [0.1, 0.15) is 34.2 Å². The largest absolute Gasteiger partial charge is 0.365 e. The lowest BCUT2D eigenvalue weighted by molar-refractivity contribution is 0.100. The van der Waals surface area contributed by atoms with E-state index in [1.807, 2.05) is 6.92 Å². The highest BCUT2D eigenvalue weighted by Crippen LogP contribution is 2.19. The van der Waals surface area contributed by atoms with Gasteiger partial charge in [0.05, 0.1) is 10.7 Å². The Hall–Kier alpha value is -0.900. The molecule has 1 aromatic rings. The third kappa shape index (κ3) is 2.52. The number of hydrogen-bond donors (Lipinski definition) is 1. The van der Waals surface area contributed by atoms with Crippen LogP contribution in [0.4, 0.5) is 0 Å². The summed E-state index contributed by atoms with van der Waals surface area (Å²) < 4.78 is 0. The van der Waals surface area contributed by atoms with Crippen LogP contribution < -0.4 is 5.73 Å². The second kappa shape index (κ2) is 3.87. The van der Waals surface area contributed by atoms with Crippen molar-refractivity contribution in [3.8, 4) is 0 Å². The van der Waals surface area contributed by atoms with Gasteiger partial charge < -0.3 is 5.73 Å². The Labute approximate surface area is 82.0 Å². The van der Waals surface area contributed by atoms with Crippen LogP contribution in [-0.4, -0.2) is 10.9 Å². The van der Waals surface area contributed by atoms with Crippen LogP contribution in [0.25, 0.3) is 0 Å². The average molecular weight is 198 g/mol. The number of hydrogen-bond acceptors (Lipinski definition) is 3. The summed E-state index contributed by atoms with van der Waals surface area (Å²) >= 11 is 1.41. The lowest BCUT2D eigenvalue weighted by Crippen LogP contribution is -2.09. The van der Waals surface area contributed by atoms with Crippen molar-refractivity contribution in [2.24, 2.45) is 11.7 Å². The van der Waals surface area contributed by atoms with Crippen molar-refractivity contribution in [1.82, 2.24) is 4.98 Å². The van der Waals surface area contributed by atoms with Crippen LogP contribution >= 0.6 is 11.3 Å². The summed E-state index contributed by atoms with van der Waals surface area (Å²) in [6, 6.07) is 0. The summed E-state index contributed by atoms with van der Waals surface area (Å²) in [6.07, 6.45) is 0.915. The molecule has 0 spiro atoms. The SMILES string of the molecule is Cc1nc(CC(C)C)sc1C(N)=O. The first-order chi connectivity index (χ1) is 6.00. The number of aromatic nitrogens is 1. The highest BCUT2D eigenvalue weighted by molar-refractivity contribution is 7.13. The van der Waals surface area contributed by atoms with Gasteiger partial charge in [-0.05, 0) is 12.8 Å². The molecule has 1 amide bonds. The smallest absolute Gasteiger partial charge is 0.260 e.